The van der Waals surface area contributed by atoms with E-state index in [1.807, 2.05) is 6.08 Å². The first kappa shape index (κ1) is 22.1. The lowest BCUT2D eigenvalue weighted by molar-refractivity contribution is 0.0600. The zero-order valence-electron chi connectivity index (χ0n) is 16.9. The molecule has 0 amide bonds. The summed E-state index contributed by atoms with van der Waals surface area (Å²) in [5.74, 6) is 0. The van der Waals surface area contributed by atoms with E-state index in [0.717, 1.165) is 12.8 Å². The van der Waals surface area contributed by atoms with Gasteiger partial charge in [0.15, 0.2) is 16.6 Å². The molecule has 0 aromatic heterocycles. The van der Waals surface area contributed by atoms with Crippen LogP contribution in [-0.2, 0) is 13.6 Å². The average molecular weight is 375 g/mol. The van der Waals surface area contributed by atoms with Crippen molar-refractivity contribution < 1.29 is 18.7 Å². The van der Waals surface area contributed by atoms with E-state index in [0.29, 0.717) is 0 Å². The van der Waals surface area contributed by atoms with Gasteiger partial charge in [0, 0.05) is 0 Å². The molecule has 1 aliphatic rings. The molecule has 0 aliphatic carbocycles. The van der Waals surface area contributed by atoms with E-state index in [-0.39, 0.29) is 36.1 Å². The summed E-state index contributed by atoms with van der Waals surface area (Å²) in [6, 6.07) is 0. The number of aliphatic hydroxyl groups is 1. The van der Waals surface area contributed by atoms with Crippen molar-refractivity contribution in [3.8, 4) is 0 Å². The molecule has 0 unspecified atom stereocenters. The van der Waals surface area contributed by atoms with E-state index in [2.05, 4.69) is 60.1 Å². The van der Waals surface area contributed by atoms with Crippen molar-refractivity contribution in [3.63, 3.8) is 0 Å². The van der Waals surface area contributed by atoms with Crippen molar-refractivity contribution >= 4 is 16.6 Å². The first-order valence-electron chi connectivity index (χ1n) is 9.05. The Morgan fingerprint density at radius 2 is 1.71 bits per heavy atom. The Bertz CT molecular complexity index is 412. The quantitative estimate of drug-likeness (QED) is 0.351. The van der Waals surface area contributed by atoms with Crippen molar-refractivity contribution in [1.82, 2.24) is 0 Å². The Kier molecular flexibility index (Phi) is 7.48. The minimum absolute atomic E-state index is 0.00633. The van der Waals surface area contributed by atoms with Crippen molar-refractivity contribution in [2.45, 2.75) is 95.8 Å². The molecule has 1 heterocycles. The van der Waals surface area contributed by atoms with Crippen LogP contribution < -0.4 is 0 Å². The summed E-state index contributed by atoms with van der Waals surface area (Å²) in [7, 11) is -3.60. The molecule has 142 valence electrons. The van der Waals surface area contributed by atoms with Crippen LogP contribution in [-0.4, -0.2) is 52.8 Å². The third kappa shape index (κ3) is 6.73. The van der Waals surface area contributed by atoms with Gasteiger partial charge in [0.1, 0.15) is 6.10 Å². The fourth-order valence-corrected chi connectivity index (χ4v) is 4.90. The van der Waals surface area contributed by atoms with Crippen LogP contribution in [0.15, 0.2) is 12.7 Å². The lowest BCUT2D eigenvalue weighted by atomic mass is 10.1. The molecule has 1 N–H and O–H groups in total. The molecule has 4 atom stereocenters. The van der Waals surface area contributed by atoms with E-state index in [1.54, 1.807) is 0 Å². The summed E-state index contributed by atoms with van der Waals surface area (Å²) in [4.78, 5) is 0. The Labute approximate surface area is 150 Å². The highest BCUT2D eigenvalue weighted by atomic mass is 28.4. The molecule has 6 heteroatoms. The first-order chi connectivity index (χ1) is 10.8. The maximum atomic E-state index is 9.14. The summed E-state index contributed by atoms with van der Waals surface area (Å²) in [5, 5.41) is 9.29. The largest absolute Gasteiger partial charge is 0.412 e. The summed E-state index contributed by atoms with van der Waals surface area (Å²) < 4.78 is 18.5. The van der Waals surface area contributed by atoms with E-state index in [4.69, 9.17) is 18.7 Å². The number of hydrogen-bond acceptors (Lipinski definition) is 4. The zero-order valence-corrected chi connectivity index (χ0v) is 18.9. The summed E-state index contributed by atoms with van der Waals surface area (Å²) in [5.41, 5.74) is 0. The van der Waals surface area contributed by atoms with Crippen LogP contribution in [0.2, 0.25) is 37.8 Å². The lowest BCUT2D eigenvalue weighted by Gasteiger charge is -2.41. The molecule has 1 rings (SSSR count). The van der Waals surface area contributed by atoms with Gasteiger partial charge < -0.3 is 18.7 Å². The normalized spacial score (nSPS) is 24.5. The molecule has 0 aromatic rings. The Balaban J connectivity index is 2.79. The standard InChI is InChI=1S/C18H38O4Si2/c1-10-14(22-24(8,9)18(2,3)4)16(21-23(5,6)7)12-11-15-17(13-19)20-15/h10,14-17,19H,1,11-13H2,2-9H3/t14-,15+,16-,17+/m0/s1. The fraction of sp³-hybridized carbons (Fsp3) is 0.889. The second kappa shape index (κ2) is 8.14. The van der Waals surface area contributed by atoms with Gasteiger partial charge in [0.05, 0.1) is 24.9 Å². The first-order valence-corrected chi connectivity index (χ1v) is 15.4. The molecule has 0 bridgehead atoms. The molecule has 0 saturated carbocycles. The van der Waals surface area contributed by atoms with Crippen LogP contribution in [0.25, 0.3) is 0 Å². The third-order valence-electron chi connectivity index (χ3n) is 4.94. The minimum Gasteiger partial charge on any atom is -0.412 e. The fourth-order valence-electron chi connectivity index (χ4n) is 2.46. The predicted molar refractivity (Wildman–Crippen MR) is 105 cm³/mol. The van der Waals surface area contributed by atoms with Crippen LogP contribution in [0.3, 0.4) is 0 Å². The highest BCUT2D eigenvalue weighted by Gasteiger charge is 2.42. The minimum atomic E-state index is -1.90. The second-order valence-electron chi connectivity index (χ2n) is 9.32. The van der Waals surface area contributed by atoms with E-state index >= 15 is 0 Å². The van der Waals surface area contributed by atoms with Crippen molar-refractivity contribution in [3.05, 3.63) is 12.7 Å². The van der Waals surface area contributed by atoms with Gasteiger partial charge in [0.2, 0.25) is 0 Å². The smallest absolute Gasteiger partial charge is 0.193 e. The van der Waals surface area contributed by atoms with Crippen LogP contribution in [0.5, 0.6) is 0 Å². The van der Waals surface area contributed by atoms with Crippen molar-refractivity contribution in [1.29, 1.82) is 0 Å². The molecule has 1 saturated heterocycles. The molecular formula is C18H38O4Si2. The molecule has 0 radical (unpaired) electrons. The summed E-state index contributed by atoms with van der Waals surface area (Å²) in [6.45, 7) is 22.0. The monoisotopic (exact) mass is 374 g/mol. The average Bonchev–Trinajstić information content (AvgIpc) is 3.17. The van der Waals surface area contributed by atoms with Gasteiger partial charge in [-0.3, -0.25) is 0 Å². The topological polar surface area (TPSA) is 51.2 Å². The molecule has 1 aliphatic heterocycles. The lowest BCUT2D eigenvalue weighted by Crippen LogP contribution is -2.48. The van der Waals surface area contributed by atoms with Gasteiger partial charge in [-0.15, -0.1) is 6.58 Å². The third-order valence-corrected chi connectivity index (χ3v) is 10.4. The number of ether oxygens (including phenoxy) is 1. The molecule has 24 heavy (non-hydrogen) atoms. The van der Waals surface area contributed by atoms with Crippen LogP contribution in [0.4, 0.5) is 0 Å². The highest BCUT2D eigenvalue weighted by Crippen LogP contribution is 2.38. The molecular weight excluding hydrogens is 336 g/mol. The number of epoxide rings is 1. The van der Waals surface area contributed by atoms with Gasteiger partial charge in [0.25, 0.3) is 0 Å². The highest BCUT2D eigenvalue weighted by molar-refractivity contribution is 6.74. The Morgan fingerprint density at radius 1 is 1.12 bits per heavy atom. The van der Waals surface area contributed by atoms with Gasteiger partial charge in [-0.2, -0.15) is 0 Å². The maximum Gasteiger partial charge on any atom is 0.193 e. The maximum absolute atomic E-state index is 9.14. The zero-order chi connectivity index (χ0) is 18.8. The van der Waals surface area contributed by atoms with Gasteiger partial charge >= 0.3 is 0 Å². The molecule has 0 spiro atoms. The molecule has 4 nitrogen and oxygen atoms in total. The summed E-state index contributed by atoms with van der Waals surface area (Å²) in [6.07, 6.45) is 3.77. The Hall–Kier alpha value is 0.0138. The summed E-state index contributed by atoms with van der Waals surface area (Å²) >= 11 is 0. The predicted octanol–water partition coefficient (Wildman–Crippen LogP) is 4.32. The second-order valence-corrected chi connectivity index (χ2v) is 18.5. The molecule has 0 aromatic carbocycles. The van der Waals surface area contributed by atoms with Gasteiger partial charge in [-0.25, -0.2) is 0 Å². The van der Waals surface area contributed by atoms with E-state index in [1.165, 1.54) is 0 Å². The molecule has 1 fully saturated rings. The Morgan fingerprint density at radius 3 is 2.08 bits per heavy atom. The van der Waals surface area contributed by atoms with Gasteiger partial charge in [-0.1, -0.05) is 26.8 Å². The number of aliphatic hydroxyl groups excluding tert-OH is 1. The van der Waals surface area contributed by atoms with Crippen molar-refractivity contribution in [2.24, 2.45) is 0 Å². The van der Waals surface area contributed by atoms with Gasteiger partial charge in [-0.05, 0) is 50.6 Å². The van der Waals surface area contributed by atoms with Crippen LogP contribution in [0, 0.1) is 0 Å². The van der Waals surface area contributed by atoms with E-state index < -0.39 is 16.6 Å². The number of hydrogen-bond donors (Lipinski definition) is 1. The number of rotatable bonds is 10. The van der Waals surface area contributed by atoms with Crippen LogP contribution in [0.1, 0.15) is 33.6 Å². The van der Waals surface area contributed by atoms with Crippen LogP contribution >= 0.6 is 0 Å². The van der Waals surface area contributed by atoms with E-state index in [9.17, 15) is 0 Å². The van der Waals surface area contributed by atoms with Crippen molar-refractivity contribution in [2.75, 3.05) is 6.61 Å². The SMILES string of the molecule is C=C[C@H](O[Si](C)(C)C(C)(C)C)[C@H](CC[C@H]1O[C@@H]1CO)O[Si](C)(C)C.